The van der Waals surface area contributed by atoms with Crippen LogP contribution in [0.15, 0.2) is 0 Å². The van der Waals surface area contributed by atoms with E-state index in [1.165, 1.54) is 25.7 Å². The van der Waals surface area contributed by atoms with Crippen LogP contribution in [0.1, 0.15) is 45.7 Å². The van der Waals surface area contributed by atoms with Crippen molar-refractivity contribution in [3.05, 3.63) is 21.8 Å². The summed E-state index contributed by atoms with van der Waals surface area (Å²) < 4.78 is 29.1. The topological polar surface area (TPSA) is 118 Å². The maximum Gasteiger partial charge on any atom is 0.302 e. The number of carbonyl (C=O) groups excluding carboxylic acids is 4. The van der Waals surface area contributed by atoms with Gasteiger partial charge >= 0.3 is 17.9 Å². The minimum atomic E-state index is -0.921. The third-order valence-corrected chi connectivity index (χ3v) is 8.38. The van der Waals surface area contributed by atoms with Gasteiger partial charge in [-0.15, -0.1) is 0 Å². The van der Waals surface area contributed by atoms with Crippen molar-refractivity contribution in [1.29, 1.82) is 0 Å². The Hall–Kier alpha value is -0.790. The molecule has 194 valence electrons. The van der Waals surface area contributed by atoms with Gasteiger partial charge in [0.05, 0.1) is 18.8 Å². The predicted octanol–water partition coefficient (Wildman–Crippen LogP) is 3.67. The van der Waals surface area contributed by atoms with Gasteiger partial charge in [0.2, 0.25) is 0 Å². The molecule has 1 unspecified atom stereocenters. The molecule has 0 N–H and O–H groups in total. The van der Waals surface area contributed by atoms with Crippen LogP contribution in [0.25, 0.3) is 0 Å². The molecule has 0 aliphatic carbocycles. The smallest absolute Gasteiger partial charge is 0.302 e. The van der Waals surface area contributed by atoms with E-state index in [2.05, 4.69) is 67.8 Å². The molecule has 0 saturated carbocycles. The molecule has 1 amide bonds. The third-order valence-electron chi connectivity index (χ3n) is 4.76. The molecule has 1 saturated heterocycles. The zero-order chi connectivity index (χ0) is 26.5. The van der Waals surface area contributed by atoms with Gasteiger partial charge in [0.1, 0.15) is 19.8 Å². The van der Waals surface area contributed by atoms with Gasteiger partial charge in [-0.25, -0.2) is 0 Å². The number of hydrogen-bond donors (Lipinski definition) is 0. The average Bonchev–Trinajstić information content (AvgIpc) is 3.11. The summed E-state index contributed by atoms with van der Waals surface area (Å²) in [4.78, 5) is 49.6. The van der Waals surface area contributed by atoms with Crippen LogP contribution in [-0.2, 0) is 56.1 Å². The number of carbonyl (C=O) groups is 4. The highest BCUT2D eigenvalue weighted by atomic mass is 127. The van der Waals surface area contributed by atoms with E-state index < -0.39 is 29.8 Å². The first-order valence-corrected chi connectivity index (χ1v) is 13.7. The lowest BCUT2D eigenvalue weighted by Crippen LogP contribution is -2.44. The zero-order valence-electron chi connectivity index (χ0n) is 19.9. The summed E-state index contributed by atoms with van der Waals surface area (Å²) in [6.07, 6.45) is -0.873. The Labute approximate surface area is 244 Å². The van der Waals surface area contributed by atoms with Gasteiger partial charge in [-0.3, -0.25) is 19.2 Å². The number of ether oxygens (including phenoxy) is 5. The summed E-state index contributed by atoms with van der Waals surface area (Å²) in [5.41, 5.74) is 1.84. The third kappa shape index (κ3) is 8.36. The Morgan fingerprint density at radius 1 is 0.886 bits per heavy atom. The van der Waals surface area contributed by atoms with Crippen molar-refractivity contribution in [2.75, 3.05) is 24.7 Å². The fourth-order valence-electron chi connectivity index (χ4n) is 3.19. The summed E-state index contributed by atoms with van der Waals surface area (Å²) in [5, 5.41) is 0. The van der Waals surface area contributed by atoms with Gasteiger partial charge in [-0.05, 0) is 81.6 Å². The predicted molar refractivity (Wildman–Crippen MR) is 149 cm³/mol. The van der Waals surface area contributed by atoms with E-state index in [1.807, 2.05) is 0 Å². The molecule has 35 heavy (non-hydrogen) atoms. The molecular weight excluding hydrogens is 803 g/mol. The average molecular weight is 829 g/mol. The summed E-state index contributed by atoms with van der Waals surface area (Å²) in [6, 6.07) is 0. The molecule has 1 aromatic carbocycles. The van der Waals surface area contributed by atoms with Gasteiger partial charge < -0.3 is 28.6 Å². The Bertz CT molecular complexity index is 967. The number of benzene rings is 1. The molecule has 2 rings (SSSR count). The highest BCUT2D eigenvalue weighted by Gasteiger charge is 2.40. The van der Waals surface area contributed by atoms with Crippen LogP contribution in [0.5, 0.6) is 0 Å². The van der Waals surface area contributed by atoms with Crippen molar-refractivity contribution >= 4 is 97.3 Å². The number of nitrogens with zero attached hydrogens (tertiary/aromatic N) is 1. The molecule has 0 radical (unpaired) electrons. The molecule has 0 aromatic heterocycles. The first-order chi connectivity index (χ1) is 16.2. The highest BCUT2D eigenvalue weighted by molar-refractivity contribution is 14.1. The lowest BCUT2D eigenvalue weighted by molar-refractivity contribution is -0.152. The molecule has 0 spiro atoms. The number of esters is 3. The quantitative estimate of drug-likeness (QED) is 0.209. The van der Waals surface area contributed by atoms with Gasteiger partial charge in [0.25, 0.3) is 5.91 Å². The van der Waals surface area contributed by atoms with Crippen molar-refractivity contribution in [2.24, 2.45) is 0 Å². The van der Waals surface area contributed by atoms with Gasteiger partial charge in [-0.2, -0.15) is 0 Å². The second kappa shape index (κ2) is 13.1. The maximum atomic E-state index is 13.7. The number of halogens is 3. The van der Waals surface area contributed by atoms with Gasteiger partial charge in [-0.1, -0.05) is 0 Å². The first-order valence-electron chi connectivity index (χ1n) is 10.5. The first kappa shape index (κ1) is 30.4. The Morgan fingerprint density at radius 3 is 1.77 bits per heavy atom. The molecule has 1 fully saturated rings. The van der Waals surface area contributed by atoms with Crippen LogP contribution >= 0.6 is 67.8 Å². The minimum absolute atomic E-state index is 0.0368. The lowest BCUT2D eigenvalue weighted by Gasteiger charge is -2.30. The second-order valence-corrected chi connectivity index (χ2v) is 11.2. The molecule has 1 aliphatic rings. The Morgan fingerprint density at radius 2 is 1.37 bits per heavy atom. The SMILES string of the molecule is CC(=O)OCCN(C(=O)C1COC(C)(C)O1)c1c(I)c(COC(C)=O)c(I)c(COC(C)=O)c1I. The lowest BCUT2D eigenvalue weighted by atomic mass is 10.1. The van der Waals surface area contributed by atoms with E-state index in [0.29, 0.717) is 24.0 Å². The Kier molecular flexibility index (Phi) is 11.4. The Balaban J connectivity index is 2.63. The van der Waals surface area contributed by atoms with E-state index in [1.54, 1.807) is 13.8 Å². The standard InChI is InChI=1S/C22H26I3NO9/c1-11(27)31-7-6-26(21(30)16-10-34-22(4,5)35-16)20-18(24)14(8-32-12(2)28)17(23)15(19(20)25)9-33-13(3)29/h16H,6-10H2,1-5H3. The van der Waals surface area contributed by atoms with Crippen molar-refractivity contribution in [3.8, 4) is 0 Å². The van der Waals surface area contributed by atoms with Crippen LogP contribution in [0.4, 0.5) is 5.69 Å². The van der Waals surface area contributed by atoms with Crippen LogP contribution in [0, 0.1) is 10.7 Å². The van der Waals surface area contributed by atoms with E-state index in [9.17, 15) is 19.2 Å². The monoisotopic (exact) mass is 829 g/mol. The molecule has 1 atom stereocenters. The summed E-state index contributed by atoms with van der Waals surface area (Å²) >= 11 is 6.31. The molecule has 1 heterocycles. The van der Waals surface area contributed by atoms with Crippen molar-refractivity contribution in [1.82, 2.24) is 0 Å². The molecular formula is C22H26I3NO9. The van der Waals surface area contributed by atoms with E-state index in [-0.39, 0.29) is 38.9 Å². The molecule has 13 heteroatoms. The molecule has 1 aliphatic heterocycles. The van der Waals surface area contributed by atoms with Crippen LogP contribution in [0.2, 0.25) is 0 Å². The minimum Gasteiger partial charge on any atom is -0.464 e. The second-order valence-electron chi connectivity index (χ2n) is 7.96. The summed E-state index contributed by atoms with van der Waals surface area (Å²) in [7, 11) is 0. The van der Waals surface area contributed by atoms with Crippen LogP contribution in [-0.4, -0.2) is 55.5 Å². The van der Waals surface area contributed by atoms with Gasteiger partial charge in [0, 0.05) is 42.6 Å². The van der Waals surface area contributed by atoms with E-state index >= 15 is 0 Å². The van der Waals surface area contributed by atoms with Crippen LogP contribution < -0.4 is 4.90 Å². The van der Waals surface area contributed by atoms with E-state index in [4.69, 9.17) is 23.7 Å². The van der Waals surface area contributed by atoms with Crippen molar-refractivity contribution < 1.29 is 42.9 Å². The van der Waals surface area contributed by atoms with Crippen molar-refractivity contribution in [3.63, 3.8) is 0 Å². The molecule has 10 nitrogen and oxygen atoms in total. The normalized spacial score (nSPS) is 16.5. The molecule has 0 bridgehead atoms. The largest absolute Gasteiger partial charge is 0.464 e. The van der Waals surface area contributed by atoms with Crippen LogP contribution in [0.3, 0.4) is 0 Å². The number of amides is 1. The highest BCUT2D eigenvalue weighted by Crippen LogP contribution is 2.39. The number of anilines is 1. The van der Waals surface area contributed by atoms with Crippen molar-refractivity contribution in [2.45, 2.75) is 59.7 Å². The fraction of sp³-hybridized carbons (Fsp3) is 0.545. The fourth-order valence-corrected chi connectivity index (χ4v) is 7.56. The summed E-state index contributed by atoms with van der Waals surface area (Å²) in [5.74, 6) is -2.69. The maximum absolute atomic E-state index is 13.7. The number of rotatable bonds is 9. The number of hydrogen-bond acceptors (Lipinski definition) is 9. The zero-order valence-corrected chi connectivity index (χ0v) is 26.3. The summed E-state index contributed by atoms with van der Waals surface area (Å²) in [6.45, 7) is 7.33. The van der Waals surface area contributed by atoms with E-state index in [0.717, 1.165) is 3.57 Å². The van der Waals surface area contributed by atoms with Gasteiger partial charge in [0.15, 0.2) is 11.9 Å². The molecule has 1 aromatic rings.